The molecule has 0 heterocycles. The predicted molar refractivity (Wildman–Crippen MR) is 117 cm³/mol. The molecule has 0 aliphatic carbocycles. The molecule has 0 radical (unpaired) electrons. The van der Waals surface area contributed by atoms with Gasteiger partial charge in [0.05, 0.1) is 0 Å². The summed E-state index contributed by atoms with van der Waals surface area (Å²) < 4.78 is 3.12. The van der Waals surface area contributed by atoms with Gasteiger partial charge in [-0.3, -0.25) is 0 Å². The molecule has 26 heavy (non-hydrogen) atoms. The Bertz CT molecular complexity index is 649. The van der Waals surface area contributed by atoms with E-state index in [1.807, 2.05) is 0 Å². The minimum atomic E-state index is 0.133. The zero-order valence-electron chi connectivity index (χ0n) is 16.8. The summed E-state index contributed by atoms with van der Waals surface area (Å²) >= 11 is 1.01. The molecule has 0 unspecified atom stereocenters. The molecular weight excluding hydrogens is 450 g/mol. The summed E-state index contributed by atoms with van der Waals surface area (Å²) in [7, 11) is 4.11. The van der Waals surface area contributed by atoms with E-state index < -0.39 is 0 Å². The van der Waals surface area contributed by atoms with E-state index in [1.54, 1.807) is 8.92 Å². The van der Waals surface area contributed by atoms with Gasteiger partial charge in [-0.1, -0.05) is 0 Å². The first-order valence-corrected chi connectivity index (χ1v) is 15.2. The summed E-state index contributed by atoms with van der Waals surface area (Å²) in [6.07, 6.45) is 2.15. The van der Waals surface area contributed by atoms with Crippen molar-refractivity contribution in [3.63, 3.8) is 0 Å². The van der Waals surface area contributed by atoms with Crippen LogP contribution in [0.5, 0.6) is 0 Å². The van der Waals surface area contributed by atoms with Crippen LogP contribution in [-0.4, -0.2) is 51.4 Å². The summed E-state index contributed by atoms with van der Waals surface area (Å²) in [5.74, 6) is 0. The first kappa shape index (κ1) is 21.7. The van der Waals surface area contributed by atoms with Crippen LogP contribution in [0.3, 0.4) is 0 Å². The van der Waals surface area contributed by atoms with Crippen molar-refractivity contribution in [1.29, 1.82) is 0 Å². The fraction of sp³-hybridized carbons (Fsp3) is 0.455. The Morgan fingerprint density at radius 3 is 1.35 bits per heavy atom. The fourth-order valence-corrected chi connectivity index (χ4v) is 10.2. The number of nitrogens with one attached hydrogen (secondary N) is 2. The van der Waals surface area contributed by atoms with Gasteiger partial charge in [0.25, 0.3) is 0 Å². The zero-order valence-corrected chi connectivity index (χ0v) is 20.3. The van der Waals surface area contributed by atoms with Gasteiger partial charge in [-0.2, -0.15) is 0 Å². The molecule has 0 spiro atoms. The topological polar surface area (TPSA) is 24.1 Å². The van der Waals surface area contributed by atoms with Gasteiger partial charge < -0.3 is 0 Å². The first-order chi connectivity index (χ1) is 12.3. The van der Waals surface area contributed by atoms with E-state index in [2.05, 4.69) is 101 Å². The van der Waals surface area contributed by atoms with Crippen molar-refractivity contribution < 1.29 is 0 Å². The monoisotopic (exact) mass is 484 g/mol. The Balaban J connectivity index is 2.15. The Morgan fingerprint density at radius 1 is 0.654 bits per heavy atom. The summed E-state index contributed by atoms with van der Waals surface area (Å²) in [4.78, 5) is 0. The molecule has 0 aliphatic rings. The third-order valence-corrected chi connectivity index (χ3v) is 12.2. The van der Waals surface area contributed by atoms with E-state index in [0.717, 1.165) is 12.8 Å². The third kappa shape index (κ3) is 6.53. The van der Waals surface area contributed by atoms with Gasteiger partial charge in [-0.25, -0.2) is 0 Å². The molecule has 0 fully saturated rings. The molecule has 2 aromatic rings. The standard InChI is InChI=1S/C22H32N2Se2/c1-21(2,23-5)15-17-11-7-9-13-19(17)25-26-20-14-10-8-12-18(20)16-22(3,4)24-6/h7-14,23-24H,15-16H2,1-6H3. The van der Waals surface area contributed by atoms with Gasteiger partial charge >= 0.3 is 171 Å². The molecule has 4 heteroatoms. The average molecular weight is 482 g/mol. The van der Waals surface area contributed by atoms with Crippen LogP contribution in [0.4, 0.5) is 0 Å². The SMILES string of the molecule is CNC(C)(C)Cc1ccccc1[Se][Se]c1ccccc1CC(C)(C)NC. The molecule has 0 bridgehead atoms. The van der Waals surface area contributed by atoms with Crippen LogP contribution in [0.25, 0.3) is 0 Å². The number of benzene rings is 2. The summed E-state index contributed by atoms with van der Waals surface area (Å²) in [6, 6.07) is 18.0. The quantitative estimate of drug-likeness (QED) is 0.535. The molecular formula is C22H32N2Se2. The van der Waals surface area contributed by atoms with E-state index in [1.165, 1.54) is 11.1 Å². The van der Waals surface area contributed by atoms with Crippen LogP contribution >= 0.6 is 0 Å². The van der Waals surface area contributed by atoms with Gasteiger partial charge in [0.15, 0.2) is 0 Å². The van der Waals surface area contributed by atoms with E-state index >= 15 is 0 Å². The molecule has 0 aromatic heterocycles. The molecule has 2 nitrogen and oxygen atoms in total. The molecule has 0 atom stereocenters. The van der Waals surface area contributed by atoms with Crippen LogP contribution in [0.1, 0.15) is 38.8 Å². The number of likely N-dealkylation sites (N-methyl/N-ethyl adjacent to an activating group) is 2. The van der Waals surface area contributed by atoms with Crippen LogP contribution in [0, 0.1) is 0 Å². The number of rotatable bonds is 9. The maximum atomic E-state index is 3.44. The second-order valence-electron chi connectivity index (χ2n) is 8.00. The van der Waals surface area contributed by atoms with Crippen molar-refractivity contribution in [3.8, 4) is 0 Å². The maximum absolute atomic E-state index is 3.44. The number of hydrogen-bond donors (Lipinski definition) is 2. The molecule has 0 aliphatic heterocycles. The molecule has 142 valence electrons. The van der Waals surface area contributed by atoms with E-state index in [4.69, 9.17) is 0 Å². The molecule has 2 aromatic carbocycles. The van der Waals surface area contributed by atoms with Gasteiger partial charge in [0.2, 0.25) is 0 Å². The number of hydrogen-bond acceptors (Lipinski definition) is 2. The van der Waals surface area contributed by atoms with Crippen LogP contribution in [0.15, 0.2) is 48.5 Å². The Kier molecular flexibility index (Phi) is 7.97. The van der Waals surface area contributed by atoms with Gasteiger partial charge in [-0.05, 0) is 0 Å². The molecule has 0 saturated carbocycles. The second-order valence-corrected chi connectivity index (χ2v) is 14.2. The normalized spacial score (nSPS) is 12.4. The fourth-order valence-electron chi connectivity index (χ4n) is 2.68. The van der Waals surface area contributed by atoms with Crippen molar-refractivity contribution in [2.24, 2.45) is 0 Å². The molecule has 2 rings (SSSR count). The van der Waals surface area contributed by atoms with E-state index in [-0.39, 0.29) is 11.1 Å². The van der Waals surface area contributed by atoms with Gasteiger partial charge in [0.1, 0.15) is 0 Å². The van der Waals surface area contributed by atoms with Gasteiger partial charge in [0, 0.05) is 0 Å². The van der Waals surface area contributed by atoms with Crippen LogP contribution in [-0.2, 0) is 12.8 Å². The first-order valence-electron chi connectivity index (χ1n) is 9.14. The van der Waals surface area contributed by atoms with Crippen molar-refractivity contribution >= 4 is 35.2 Å². The van der Waals surface area contributed by atoms with Crippen molar-refractivity contribution in [1.82, 2.24) is 10.6 Å². The van der Waals surface area contributed by atoms with Crippen LogP contribution in [0.2, 0.25) is 0 Å². The van der Waals surface area contributed by atoms with Crippen LogP contribution < -0.4 is 19.6 Å². The van der Waals surface area contributed by atoms with E-state index in [0.29, 0.717) is 26.3 Å². The Labute approximate surface area is 170 Å². The third-order valence-electron chi connectivity index (χ3n) is 4.78. The summed E-state index contributed by atoms with van der Waals surface area (Å²) in [5, 5.41) is 6.87. The molecule has 0 saturated heterocycles. The van der Waals surface area contributed by atoms with Crippen molar-refractivity contribution in [2.45, 2.75) is 51.6 Å². The second kappa shape index (κ2) is 9.55. The average Bonchev–Trinajstić information content (AvgIpc) is 2.61. The summed E-state index contributed by atoms with van der Waals surface area (Å²) in [5.41, 5.74) is 3.27. The molecule has 0 amide bonds. The molecule has 2 N–H and O–H groups in total. The van der Waals surface area contributed by atoms with Crippen molar-refractivity contribution in [2.75, 3.05) is 14.1 Å². The minimum absolute atomic E-state index is 0.133. The van der Waals surface area contributed by atoms with Crippen molar-refractivity contribution in [3.05, 3.63) is 59.7 Å². The van der Waals surface area contributed by atoms with E-state index in [9.17, 15) is 0 Å². The zero-order chi connectivity index (χ0) is 19.2. The Morgan fingerprint density at radius 2 is 1.00 bits per heavy atom. The van der Waals surface area contributed by atoms with Gasteiger partial charge in [-0.15, -0.1) is 0 Å². The Hall–Kier alpha value is -0.601. The summed E-state index contributed by atoms with van der Waals surface area (Å²) in [6.45, 7) is 9.10. The predicted octanol–water partition coefficient (Wildman–Crippen LogP) is 2.04.